The first-order valence-electron chi connectivity index (χ1n) is 9.43. The summed E-state index contributed by atoms with van der Waals surface area (Å²) in [5, 5.41) is 4.19. The van der Waals surface area contributed by atoms with Gasteiger partial charge in [-0.2, -0.15) is 5.10 Å². The molecule has 2 heterocycles. The molecule has 2 amide bonds. The van der Waals surface area contributed by atoms with Crippen molar-refractivity contribution in [2.45, 2.75) is 38.1 Å². The summed E-state index contributed by atoms with van der Waals surface area (Å²) in [7, 11) is 3.25. The van der Waals surface area contributed by atoms with Crippen LogP contribution in [0.4, 0.5) is 4.79 Å². The van der Waals surface area contributed by atoms with Gasteiger partial charge in [0.2, 0.25) is 0 Å². The van der Waals surface area contributed by atoms with Crippen LogP contribution < -0.4 is 20.6 Å². The van der Waals surface area contributed by atoms with E-state index in [1.165, 1.54) is 5.56 Å². The van der Waals surface area contributed by atoms with Gasteiger partial charge in [-0.25, -0.2) is 10.2 Å². The number of carbonyl (C=O) groups is 2. The lowest BCUT2D eigenvalue weighted by molar-refractivity contribution is -0.115. The van der Waals surface area contributed by atoms with Gasteiger partial charge in [-0.05, 0) is 42.5 Å². The number of methoxy groups -OCH3 is 2. The van der Waals surface area contributed by atoms with Crippen LogP contribution in [0.5, 0.6) is 11.5 Å². The maximum absolute atomic E-state index is 12.6. The lowest BCUT2D eigenvalue weighted by Gasteiger charge is -2.46. The molecule has 2 aliphatic heterocycles. The highest BCUT2D eigenvalue weighted by molar-refractivity contribution is 6.24. The van der Waals surface area contributed by atoms with Crippen molar-refractivity contribution in [3.8, 4) is 11.5 Å². The Bertz CT molecular complexity index is 906. The molecule has 1 aromatic rings. The predicted octanol–water partition coefficient (Wildman–Crippen LogP) is 2.04. The monoisotopic (exact) mass is 384 g/mol. The largest absolute Gasteiger partial charge is 0.493 e. The maximum Gasteiger partial charge on any atom is 0.332 e. The third-order valence-corrected chi connectivity index (χ3v) is 5.71. The molecule has 0 saturated carbocycles. The Morgan fingerprint density at radius 2 is 1.96 bits per heavy atom. The molecule has 3 aliphatic rings. The van der Waals surface area contributed by atoms with Gasteiger partial charge < -0.3 is 20.1 Å². The molecule has 4 rings (SSSR count). The number of urea groups is 1. The highest BCUT2D eigenvalue weighted by Gasteiger charge is 2.40. The number of amides is 2. The zero-order valence-corrected chi connectivity index (χ0v) is 16.1. The van der Waals surface area contributed by atoms with Crippen molar-refractivity contribution < 1.29 is 19.1 Å². The summed E-state index contributed by atoms with van der Waals surface area (Å²) in [5.74, 6) is 1.47. The number of allylic oxidation sites excluding steroid dienone is 2. The van der Waals surface area contributed by atoms with Crippen LogP contribution in [0, 0.1) is 0 Å². The predicted molar refractivity (Wildman–Crippen MR) is 103 cm³/mol. The van der Waals surface area contributed by atoms with Crippen LogP contribution in [0.25, 0.3) is 0 Å². The topological polar surface area (TPSA) is 106 Å². The number of nitrogens with one attached hydrogen (secondary N) is 1. The number of rotatable bonds is 3. The number of hydrogen-bond donors (Lipinski definition) is 2. The molecule has 0 bridgehead atoms. The van der Waals surface area contributed by atoms with Crippen molar-refractivity contribution in [3.05, 3.63) is 34.5 Å². The minimum Gasteiger partial charge on any atom is -0.493 e. The van der Waals surface area contributed by atoms with Gasteiger partial charge in [-0.15, -0.1) is 0 Å². The number of fused-ring (bicyclic) bond motifs is 4. The fourth-order valence-electron chi connectivity index (χ4n) is 4.52. The number of ketones is 1. The molecule has 0 unspecified atom stereocenters. The molecule has 0 radical (unpaired) electrons. The molecule has 28 heavy (non-hydrogen) atoms. The van der Waals surface area contributed by atoms with Crippen molar-refractivity contribution in [1.82, 2.24) is 10.3 Å². The Morgan fingerprint density at radius 1 is 1.21 bits per heavy atom. The van der Waals surface area contributed by atoms with Gasteiger partial charge in [0.1, 0.15) is 0 Å². The number of benzene rings is 1. The van der Waals surface area contributed by atoms with Crippen molar-refractivity contribution in [2.75, 3.05) is 20.8 Å². The van der Waals surface area contributed by atoms with Gasteiger partial charge in [0, 0.05) is 25.1 Å². The third-order valence-electron chi connectivity index (χ3n) is 5.71. The van der Waals surface area contributed by atoms with Crippen molar-refractivity contribution >= 4 is 17.5 Å². The maximum atomic E-state index is 12.6. The van der Waals surface area contributed by atoms with Crippen LogP contribution in [0.1, 0.15) is 42.9 Å². The van der Waals surface area contributed by atoms with E-state index in [0.29, 0.717) is 35.6 Å². The quantitative estimate of drug-likeness (QED) is 0.776. The zero-order chi connectivity index (χ0) is 19.8. The summed E-state index contributed by atoms with van der Waals surface area (Å²) in [4.78, 5) is 26.1. The van der Waals surface area contributed by atoms with E-state index in [-0.39, 0.29) is 11.8 Å². The number of carbonyl (C=O) groups excluding carboxylic acids is 2. The Kier molecular flexibility index (Phi) is 4.70. The van der Waals surface area contributed by atoms with Gasteiger partial charge in [0.25, 0.3) is 0 Å². The number of ether oxygens (including phenoxy) is 2. The second-order valence-electron chi connectivity index (χ2n) is 7.20. The summed E-state index contributed by atoms with van der Waals surface area (Å²) in [6.07, 6.45) is 3.55. The highest BCUT2D eigenvalue weighted by atomic mass is 16.5. The van der Waals surface area contributed by atoms with Crippen molar-refractivity contribution in [2.24, 2.45) is 10.8 Å². The molecule has 0 spiro atoms. The fraction of sp³-hybridized carbons (Fsp3) is 0.450. The first-order chi connectivity index (χ1) is 13.5. The average molecular weight is 384 g/mol. The molecule has 8 nitrogen and oxygen atoms in total. The van der Waals surface area contributed by atoms with E-state index >= 15 is 0 Å². The molecule has 148 valence electrons. The molecule has 8 heteroatoms. The van der Waals surface area contributed by atoms with E-state index < -0.39 is 6.03 Å². The first kappa shape index (κ1) is 18.3. The molecule has 0 fully saturated rings. The Balaban J connectivity index is 1.82. The fourth-order valence-corrected chi connectivity index (χ4v) is 4.52. The van der Waals surface area contributed by atoms with Crippen LogP contribution in [0.15, 0.2) is 28.5 Å². The van der Waals surface area contributed by atoms with Crippen LogP contribution in [0.3, 0.4) is 0 Å². The lowest BCUT2D eigenvalue weighted by atomic mass is 9.79. The number of hydrogen-bond acceptors (Lipinski definition) is 6. The molecule has 0 aromatic heterocycles. The summed E-state index contributed by atoms with van der Waals surface area (Å²) in [6, 6.07) is 3.33. The lowest BCUT2D eigenvalue weighted by Crippen LogP contribution is -2.44. The van der Waals surface area contributed by atoms with Crippen LogP contribution >= 0.6 is 0 Å². The van der Waals surface area contributed by atoms with E-state index in [2.05, 4.69) is 15.4 Å². The summed E-state index contributed by atoms with van der Waals surface area (Å²) in [5.41, 5.74) is 12.1. The molecular formula is C20H24N4O4. The van der Waals surface area contributed by atoms with Crippen LogP contribution in [0.2, 0.25) is 0 Å². The molecule has 1 aliphatic carbocycles. The standard InChI is InChI=1S/C20H24N4O4/c1-27-17-8-11-6-7-24-14-4-3-5-16(25)19(14)13(22-23-20(21)26)10-15(24)12(11)9-18(17)28-2/h8-9,15H,3-7,10H2,1-2H3,(H3,21,23,26)/b22-13-/t15-/m0/s1. The molecule has 1 aromatic carbocycles. The summed E-state index contributed by atoms with van der Waals surface area (Å²) >= 11 is 0. The van der Waals surface area contributed by atoms with E-state index in [0.717, 1.165) is 37.1 Å². The van der Waals surface area contributed by atoms with Crippen molar-refractivity contribution in [3.63, 3.8) is 0 Å². The van der Waals surface area contributed by atoms with Gasteiger partial charge in [-0.3, -0.25) is 4.79 Å². The smallest absolute Gasteiger partial charge is 0.332 e. The SMILES string of the molecule is COc1cc2c(cc1OC)[C@@H]1C/C(=N/NC(N)=O)C3=C(CCCC3=O)N1CC2. The summed E-state index contributed by atoms with van der Waals surface area (Å²) in [6.45, 7) is 0.829. The Labute approximate surface area is 163 Å². The average Bonchev–Trinajstić information content (AvgIpc) is 2.70. The number of nitrogens with two attached hydrogens (primary N) is 1. The van der Waals surface area contributed by atoms with E-state index in [1.54, 1.807) is 14.2 Å². The molecule has 1 atom stereocenters. The van der Waals surface area contributed by atoms with Gasteiger partial charge in [-0.1, -0.05) is 0 Å². The van der Waals surface area contributed by atoms with E-state index in [9.17, 15) is 9.59 Å². The van der Waals surface area contributed by atoms with Gasteiger partial charge >= 0.3 is 6.03 Å². The van der Waals surface area contributed by atoms with E-state index in [1.807, 2.05) is 12.1 Å². The number of hydrazone groups is 1. The third kappa shape index (κ3) is 2.98. The normalized spacial score (nSPS) is 22.4. The molecular weight excluding hydrogens is 360 g/mol. The Morgan fingerprint density at radius 3 is 2.68 bits per heavy atom. The van der Waals surface area contributed by atoms with Crippen LogP contribution in [-0.2, 0) is 11.2 Å². The highest BCUT2D eigenvalue weighted by Crippen LogP contribution is 2.46. The second-order valence-corrected chi connectivity index (χ2v) is 7.20. The second kappa shape index (κ2) is 7.18. The minimum atomic E-state index is -0.740. The molecule has 3 N–H and O–H groups in total. The van der Waals surface area contributed by atoms with Gasteiger partial charge in [0.05, 0.1) is 31.5 Å². The number of nitrogens with zero attached hydrogens (tertiary/aromatic N) is 2. The van der Waals surface area contributed by atoms with Crippen LogP contribution in [-0.4, -0.2) is 43.2 Å². The number of Topliss-reactive ketones (excluding diaryl/α,β-unsaturated/α-hetero) is 1. The first-order valence-corrected chi connectivity index (χ1v) is 9.43. The Hall–Kier alpha value is -3.03. The molecule has 0 saturated heterocycles. The van der Waals surface area contributed by atoms with Gasteiger partial charge in [0.15, 0.2) is 17.3 Å². The zero-order valence-electron chi connectivity index (χ0n) is 16.1. The summed E-state index contributed by atoms with van der Waals surface area (Å²) < 4.78 is 10.9. The van der Waals surface area contributed by atoms with Crippen molar-refractivity contribution in [1.29, 1.82) is 0 Å². The van der Waals surface area contributed by atoms with E-state index in [4.69, 9.17) is 15.2 Å². The minimum absolute atomic E-state index is 0.0293. The number of primary amides is 1.